The van der Waals surface area contributed by atoms with Crippen molar-refractivity contribution >= 4 is 18.4 Å². The highest BCUT2D eigenvalue weighted by Gasteiger charge is 2.13. The predicted octanol–water partition coefficient (Wildman–Crippen LogP) is 0.0933. The zero-order valence-corrected chi connectivity index (χ0v) is 6.37. The SMILES string of the molecule is O=S1(=O)CCPCC1. The van der Waals surface area contributed by atoms with Crippen molar-refractivity contribution in [3.8, 4) is 0 Å². The Bertz CT molecular complexity index is 149. The van der Waals surface area contributed by atoms with Gasteiger partial charge in [0.15, 0.2) is 9.84 Å². The van der Waals surface area contributed by atoms with Crippen molar-refractivity contribution < 1.29 is 8.42 Å². The molecule has 1 saturated heterocycles. The topological polar surface area (TPSA) is 34.1 Å². The van der Waals surface area contributed by atoms with Crippen molar-refractivity contribution in [1.29, 1.82) is 0 Å². The van der Waals surface area contributed by atoms with Crippen LogP contribution in [-0.4, -0.2) is 32.2 Å². The molecular formula is C4H9O2PS. The molecule has 0 aliphatic carbocycles. The summed E-state index contributed by atoms with van der Waals surface area (Å²) in [5.74, 6) is 0.872. The molecule has 48 valence electrons. The van der Waals surface area contributed by atoms with Gasteiger partial charge >= 0.3 is 0 Å². The quantitative estimate of drug-likeness (QED) is 0.461. The Morgan fingerprint density at radius 3 is 1.88 bits per heavy atom. The molecule has 0 atom stereocenters. The fraction of sp³-hybridized carbons (Fsp3) is 1.00. The van der Waals surface area contributed by atoms with Crippen molar-refractivity contribution in [2.24, 2.45) is 0 Å². The molecule has 0 radical (unpaired) electrons. The molecule has 0 N–H and O–H groups in total. The lowest BCUT2D eigenvalue weighted by atomic mass is 10.9. The van der Waals surface area contributed by atoms with Crippen LogP contribution >= 0.6 is 8.58 Å². The Morgan fingerprint density at radius 2 is 1.62 bits per heavy atom. The number of rotatable bonds is 0. The highest BCUT2D eigenvalue weighted by molar-refractivity contribution is 7.92. The standard InChI is InChI=1S/C4H9O2PS/c5-8(6)3-1-7-2-4-8/h7H,1-4H2. The highest BCUT2D eigenvalue weighted by Crippen LogP contribution is 2.16. The zero-order valence-electron chi connectivity index (χ0n) is 4.55. The molecule has 4 heteroatoms. The zero-order chi connectivity index (χ0) is 6.04. The smallest absolute Gasteiger partial charge is 0.150 e. The van der Waals surface area contributed by atoms with Gasteiger partial charge in [-0.05, 0) is 12.3 Å². The molecule has 1 fully saturated rings. The van der Waals surface area contributed by atoms with E-state index in [4.69, 9.17) is 0 Å². The fourth-order valence-electron chi connectivity index (χ4n) is 0.682. The average molecular weight is 152 g/mol. The van der Waals surface area contributed by atoms with E-state index in [0.717, 1.165) is 20.9 Å². The summed E-state index contributed by atoms with van der Waals surface area (Å²) in [7, 11) is -1.69. The van der Waals surface area contributed by atoms with Gasteiger partial charge in [0.1, 0.15) is 0 Å². The summed E-state index contributed by atoms with van der Waals surface area (Å²) in [4.78, 5) is 0. The van der Waals surface area contributed by atoms with Gasteiger partial charge in [0.25, 0.3) is 0 Å². The van der Waals surface area contributed by atoms with Crippen LogP contribution in [0.25, 0.3) is 0 Å². The third kappa shape index (κ3) is 1.71. The van der Waals surface area contributed by atoms with Crippen LogP contribution in [-0.2, 0) is 9.84 Å². The summed E-state index contributed by atoms with van der Waals surface area (Å²) in [6.07, 6.45) is 1.81. The molecule has 8 heavy (non-hydrogen) atoms. The largest absolute Gasteiger partial charge is 0.229 e. The van der Waals surface area contributed by atoms with E-state index in [1.807, 2.05) is 0 Å². The lowest BCUT2D eigenvalue weighted by molar-refractivity contribution is 0.598. The maximum Gasteiger partial charge on any atom is 0.150 e. The molecular weight excluding hydrogens is 143 g/mol. The van der Waals surface area contributed by atoms with Crippen molar-refractivity contribution in [3.63, 3.8) is 0 Å². The van der Waals surface area contributed by atoms with Gasteiger partial charge in [-0.3, -0.25) is 0 Å². The number of sulfone groups is 1. The van der Waals surface area contributed by atoms with Crippen LogP contribution in [0, 0.1) is 0 Å². The summed E-state index contributed by atoms with van der Waals surface area (Å²) >= 11 is 0. The van der Waals surface area contributed by atoms with Crippen LogP contribution in [0.1, 0.15) is 0 Å². The van der Waals surface area contributed by atoms with Gasteiger partial charge in [-0.15, -0.1) is 8.58 Å². The van der Waals surface area contributed by atoms with E-state index in [1.54, 1.807) is 0 Å². The Labute approximate surface area is 51.4 Å². The Kier molecular flexibility index (Phi) is 1.88. The molecule has 1 aliphatic heterocycles. The summed E-state index contributed by atoms with van der Waals surface area (Å²) in [5, 5.41) is 0. The monoisotopic (exact) mass is 152 g/mol. The first-order chi connectivity index (χ1) is 3.71. The lowest BCUT2D eigenvalue weighted by Gasteiger charge is -2.08. The van der Waals surface area contributed by atoms with Crippen LogP contribution in [0.4, 0.5) is 0 Å². The van der Waals surface area contributed by atoms with Crippen molar-refractivity contribution in [1.82, 2.24) is 0 Å². The Balaban J connectivity index is 2.58. The fourth-order valence-corrected chi connectivity index (χ4v) is 4.78. The van der Waals surface area contributed by atoms with Crippen LogP contribution in [0.5, 0.6) is 0 Å². The highest BCUT2D eigenvalue weighted by atomic mass is 32.2. The number of hydrogen-bond donors (Lipinski definition) is 0. The minimum atomic E-state index is -2.58. The van der Waals surface area contributed by atoms with E-state index >= 15 is 0 Å². The summed E-state index contributed by atoms with van der Waals surface area (Å²) in [6.45, 7) is 0. The molecule has 0 bridgehead atoms. The molecule has 1 rings (SSSR count). The van der Waals surface area contributed by atoms with Gasteiger partial charge in [0.2, 0.25) is 0 Å². The van der Waals surface area contributed by atoms with E-state index in [0.29, 0.717) is 11.5 Å². The molecule has 1 heterocycles. The first-order valence-corrected chi connectivity index (χ1v) is 5.85. The molecule has 0 amide bonds. The second-order valence-corrected chi connectivity index (χ2v) is 5.71. The first-order valence-electron chi connectivity index (χ1n) is 2.62. The average Bonchev–Trinajstić information content (AvgIpc) is 1.65. The second-order valence-electron chi connectivity index (χ2n) is 1.90. The molecule has 0 aromatic heterocycles. The minimum absolute atomic E-state index is 0.436. The Hall–Kier alpha value is 0.380. The second kappa shape index (κ2) is 2.32. The third-order valence-corrected chi connectivity index (χ3v) is 4.76. The molecule has 2 nitrogen and oxygen atoms in total. The van der Waals surface area contributed by atoms with Gasteiger partial charge in [0, 0.05) is 0 Å². The maximum atomic E-state index is 10.7. The lowest BCUT2D eigenvalue weighted by Crippen LogP contribution is -2.18. The summed E-state index contributed by atoms with van der Waals surface area (Å²) < 4.78 is 21.3. The molecule has 0 unspecified atom stereocenters. The van der Waals surface area contributed by atoms with Crippen molar-refractivity contribution in [2.75, 3.05) is 23.8 Å². The summed E-state index contributed by atoms with van der Waals surface area (Å²) in [5.41, 5.74) is 0. The normalized spacial score (nSPS) is 27.5. The predicted molar refractivity (Wildman–Crippen MR) is 36.7 cm³/mol. The van der Waals surface area contributed by atoms with E-state index in [1.165, 1.54) is 0 Å². The van der Waals surface area contributed by atoms with Crippen LogP contribution in [0.15, 0.2) is 0 Å². The summed E-state index contributed by atoms with van der Waals surface area (Å²) in [6, 6.07) is 0. The van der Waals surface area contributed by atoms with Gasteiger partial charge in [-0.1, -0.05) is 0 Å². The van der Waals surface area contributed by atoms with Gasteiger partial charge in [0.05, 0.1) is 11.5 Å². The molecule has 1 aliphatic rings. The molecule has 0 aromatic rings. The molecule has 0 spiro atoms. The van der Waals surface area contributed by atoms with Gasteiger partial charge < -0.3 is 0 Å². The van der Waals surface area contributed by atoms with Gasteiger partial charge in [-0.25, -0.2) is 8.42 Å². The van der Waals surface area contributed by atoms with Gasteiger partial charge in [-0.2, -0.15) is 0 Å². The van der Waals surface area contributed by atoms with E-state index in [9.17, 15) is 8.42 Å². The molecule has 0 saturated carbocycles. The van der Waals surface area contributed by atoms with Crippen LogP contribution < -0.4 is 0 Å². The third-order valence-electron chi connectivity index (χ3n) is 1.18. The van der Waals surface area contributed by atoms with Crippen LogP contribution in [0.3, 0.4) is 0 Å². The van der Waals surface area contributed by atoms with E-state index in [2.05, 4.69) is 0 Å². The minimum Gasteiger partial charge on any atom is -0.229 e. The van der Waals surface area contributed by atoms with Crippen molar-refractivity contribution in [2.45, 2.75) is 0 Å². The van der Waals surface area contributed by atoms with E-state index < -0.39 is 9.84 Å². The first kappa shape index (κ1) is 6.50. The van der Waals surface area contributed by atoms with E-state index in [-0.39, 0.29) is 0 Å². The van der Waals surface area contributed by atoms with Crippen molar-refractivity contribution in [3.05, 3.63) is 0 Å². The molecule has 0 aromatic carbocycles. The number of hydrogen-bond acceptors (Lipinski definition) is 2. The Morgan fingerprint density at radius 1 is 1.12 bits per heavy atom. The maximum absolute atomic E-state index is 10.7. The van der Waals surface area contributed by atoms with Crippen LogP contribution in [0.2, 0.25) is 0 Å².